The Morgan fingerprint density at radius 2 is 2.10 bits per heavy atom. The van der Waals surface area contributed by atoms with Gasteiger partial charge in [-0.1, -0.05) is 0 Å². The Balaban J connectivity index is 1.76. The van der Waals surface area contributed by atoms with E-state index in [1.807, 2.05) is 6.92 Å². The molecule has 0 spiro atoms. The number of alkyl halides is 2. The highest BCUT2D eigenvalue weighted by molar-refractivity contribution is 7.15. The van der Waals surface area contributed by atoms with E-state index in [1.54, 1.807) is 11.3 Å². The fourth-order valence-electron chi connectivity index (χ4n) is 2.44. The number of hydrogen-bond donors (Lipinski definition) is 1. The van der Waals surface area contributed by atoms with Gasteiger partial charge in [0.25, 0.3) is 6.43 Å². The maximum Gasteiger partial charge on any atom is 0.255 e. The zero-order valence-corrected chi connectivity index (χ0v) is 13.2. The molecule has 0 atom stereocenters. The lowest BCUT2D eigenvalue weighted by Gasteiger charge is -2.31. The minimum atomic E-state index is -2.48. The molecule has 1 aromatic heterocycles. The fraction of sp³-hybridized carbons (Fsp3) is 0.714. The van der Waals surface area contributed by atoms with Gasteiger partial charge >= 0.3 is 0 Å². The third-order valence-electron chi connectivity index (χ3n) is 3.83. The molecule has 1 saturated heterocycles. The first-order chi connectivity index (χ1) is 9.95. The highest BCUT2D eigenvalue weighted by Crippen LogP contribution is 2.29. The second kappa shape index (κ2) is 7.15. The summed E-state index contributed by atoms with van der Waals surface area (Å²) in [6.07, 6.45) is -0.331. The van der Waals surface area contributed by atoms with Gasteiger partial charge in [-0.25, -0.2) is 13.8 Å². The number of aryl methyl sites for hydroxylation is 2. The SMILES string of the molecule is Cc1nc(N2CCC(CC(=O)NCC(F)F)CC2)sc1C. The number of nitrogens with zero attached hydrogens (tertiary/aromatic N) is 2. The number of carbonyl (C=O) groups excluding carboxylic acids is 1. The van der Waals surface area contributed by atoms with Gasteiger partial charge in [0.1, 0.15) is 0 Å². The Morgan fingerprint density at radius 3 is 2.62 bits per heavy atom. The number of rotatable bonds is 5. The zero-order chi connectivity index (χ0) is 15.4. The topological polar surface area (TPSA) is 45.2 Å². The van der Waals surface area contributed by atoms with Crippen LogP contribution in [0.3, 0.4) is 0 Å². The molecule has 1 N–H and O–H groups in total. The number of amides is 1. The number of anilines is 1. The molecule has 4 nitrogen and oxygen atoms in total. The van der Waals surface area contributed by atoms with Crippen LogP contribution in [0.4, 0.5) is 13.9 Å². The van der Waals surface area contributed by atoms with E-state index in [-0.39, 0.29) is 11.8 Å². The molecule has 0 aliphatic carbocycles. The minimum absolute atomic E-state index is 0.269. The molecule has 0 saturated carbocycles. The first-order valence-electron chi connectivity index (χ1n) is 7.19. The van der Waals surface area contributed by atoms with Gasteiger partial charge in [0.15, 0.2) is 5.13 Å². The van der Waals surface area contributed by atoms with Gasteiger partial charge in [-0.15, -0.1) is 11.3 Å². The smallest absolute Gasteiger partial charge is 0.255 e. The van der Waals surface area contributed by atoms with Gasteiger partial charge in [0.2, 0.25) is 5.91 Å². The van der Waals surface area contributed by atoms with Crippen molar-refractivity contribution in [3.05, 3.63) is 10.6 Å². The van der Waals surface area contributed by atoms with Crippen LogP contribution in [0.1, 0.15) is 29.8 Å². The van der Waals surface area contributed by atoms with Crippen LogP contribution in [0.25, 0.3) is 0 Å². The average Bonchev–Trinajstić information content (AvgIpc) is 2.77. The van der Waals surface area contributed by atoms with Crippen molar-refractivity contribution in [3.8, 4) is 0 Å². The van der Waals surface area contributed by atoms with Crippen LogP contribution in [0.15, 0.2) is 0 Å². The lowest BCUT2D eigenvalue weighted by atomic mass is 9.93. The standard InChI is InChI=1S/C14H21F2N3OS/c1-9-10(2)21-14(18-9)19-5-3-11(4-6-19)7-13(20)17-8-12(15)16/h11-12H,3-8H2,1-2H3,(H,17,20). The van der Waals surface area contributed by atoms with E-state index in [4.69, 9.17) is 0 Å². The number of carbonyl (C=O) groups is 1. The number of hydrogen-bond acceptors (Lipinski definition) is 4. The molecular formula is C14H21F2N3OS. The average molecular weight is 317 g/mol. The number of aromatic nitrogens is 1. The normalized spacial score (nSPS) is 16.5. The molecule has 2 heterocycles. The number of piperidine rings is 1. The first kappa shape index (κ1) is 16.1. The fourth-order valence-corrected chi connectivity index (χ4v) is 3.41. The van der Waals surface area contributed by atoms with Crippen LogP contribution in [0.2, 0.25) is 0 Å². The van der Waals surface area contributed by atoms with Crippen molar-refractivity contribution < 1.29 is 13.6 Å². The molecule has 118 valence electrons. The van der Waals surface area contributed by atoms with E-state index in [0.29, 0.717) is 6.42 Å². The molecule has 1 aliphatic rings. The molecule has 0 unspecified atom stereocenters. The van der Waals surface area contributed by atoms with Gasteiger partial charge in [0, 0.05) is 24.4 Å². The largest absolute Gasteiger partial charge is 0.350 e. The molecule has 1 amide bonds. The van der Waals surface area contributed by atoms with Gasteiger partial charge in [-0.3, -0.25) is 4.79 Å². The maximum absolute atomic E-state index is 12.0. The third kappa shape index (κ3) is 4.62. The van der Waals surface area contributed by atoms with Crippen molar-refractivity contribution in [1.82, 2.24) is 10.3 Å². The van der Waals surface area contributed by atoms with Gasteiger partial charge < -0.3 is 10.2 Å². The summed E-state index contributed by atoms with van der Waals surface area (Å²) in [6, 6.07) is 0. The van der Waals surface area contributed by atoms with Crippen molar-refractivity contribution >= 4 is 22.4 Å². The quantitative estimate of drug-likeness (QED) is 0.908. The Hall–Kier alpha value is -1.24. The van der Waals surface area contributed by atoms with E-state index >= 15 is 0 Å². The Kier molecular flexibility index (Phi) is 5.50. The van der Waals surface area contributed by atoms with Crippen LogP contribution in [0, 0.1) is 19.8 Å². The lowest BCUT2D eigenvalue weighted by molar-refractivity contribution is -0.122. The molecule has 1 fully saturated rings. The zero-order valence-electron chi connectivity index (χ0n) is 12.4. The van der Waals surface area contributed by atoms with Crippen molar-refractivity contribution in [2.45, 2.75) is 39.5 Å². The third-order valence-corrected chi connectivity index (χ3v) is 4.96. The summed E-state index contributed by atoms with van der Waals surface area (Å²) in [7, 11) is 0. The van der Waals surface area contributed by atoms with Crippen molar-refractivity contribution in [3.63, 3.8) is 0 Å². The second-order valence-electron chi connectivity index (χ2n) is 5.47. The molecule has 1 aliphatic heterocycles. The summed E-state index contributed by atoms with van der Waals surface area (Å²) in [4.78, 5) is 19.6. The summed E-state index contributed by atoms with van der Waals surface area (Å²) >= 11 is 1.70. The Labute approximate surface area is 127 Å². The molecule has 21 heavy (non-hydrogen) atoms. The van der Waals surface area contributed by atoms with E-state index < -0.39 is 13.0 Å². The predicted octanol–water partition coefficient (Wildman–Crippen LogP) is 2.75. The van der Waals surface area contributed by atoms with Crippen LogP contribution >= 0.6 is 11.3 Å². The Bertz CT molecular complexity index is 465. The van der Waals surface area contributed by atoms with Gasteiger partial charge in [0.05, 0.1) is 12.2 Å². The summed E-state index contributed by atoms with van der Waals surface area (Å²) in [5, 5.41) is 3.32. The lowest BCUT2D eigenvalue weighted by Crippen LogP contribution is -2.36. The van der Waals surface area contributed by atoms with Crippen molar-refractivity contribution in [2.24, 2.45) is 5.92 Å². The van der Waals surface area contributed by atoms with E-state index in [2.05, 4.69) is 22.1 Å². The summed E-state index contributed by atoms with van der Waals surface area (Å²) < 4.78 is 24.0. The van der Waals surface area contributed by atoms with Gasteiger partial charge in [-0.05, 0) is 32.6 Å². The minimum Gasteiger partial charge on any atom is -0.350 e. The van der Waals surface area contributed by atoms with E-state index in [9.17, 15) is 13.6 Å². The monoisotopic (exact) mass is 317 g/mol. The van der Waals surface area contributed by atoms with Crippen molar-refractivity contribution in [1.29, 1.82) is 0 Å². The molecule has 0 radical (unpaired) electrons. The van der Waals surface area contributed by atoms with Crippen LogP contribution < -0.4 is 10.2 Å². The summed E-state index contributed by atoms with van der Waals surface area (Å²) in [5.74, 6) is 0.00997. The first-order valence-corrected chi connectivity index (χ1v) is 8.01. The number of thiazole rings is 1. The van der Waals surface area contributed by atoms with E-state index in [0.717, 1.165) is 36.8 Å². The molecule has 2 rings (SSSR count). The summed E-state index contributed by atoms with van der Waals surface area (Å²) in [5.41, 5.74) is 1.07. The molecule has 1 aromatic rings. The number of nitrogens with one attached hydrogen (secondary N) is 1. The van der Waals surface area contributed by atoms with Crippen molar-refractivity contribution in [2.75, 3.05) is 24.5 Å². The predicted molar refractivity (Wildman–Crippen MR) is 80.2 cm³/mol. The Morgan fingerprint density at radius 1 is 1.43 bits per heavy atom. The second-order valence-corrected chi connectivity index (χ2v) is 6.65. The molecule has 0 aromatic carbocycles. The summed E-state index contributed by atoms with van der Waals surface area (Å²) in [6.45, 7) is 5.28. The van der Waals surface area contributed by atoms with Crippen LogP contribution in [-0.4, -0.2) is 37.0 Å². The molecular weight excluding hydrogens is 296 g/mol. The number of halogens is 2. The molecule has 0 bridgehead atoms. The maximum atomic E-state index is 12.0. The highest BCUT2D eigenvalue weighted by Gasteiger charge is 2.23. The molecule has 7 heteroatoms. The highest BCUT2D eigenvalue weighted by atomic mass is 32.1. The van der Waals surface area contributed by atoms with E-state index in [1.165, 1.54) is 4.88 Å². The van der Waals surface area contributed by atoms with Crippen LogP contribution in [-0.2, 0) is 4.79 Å². The van der Waals surface area contributed by atoms with Crippen LogP contribution in [0.5, 0.6) is 0 Å². The van der Waals surface area contributed by atoms with Gasteiger partial charge in [-0.2, -0.15) is 0 Å².